The molecule has 1 saturated carbocycles. The lowest BCUT2D eigenvalue weighted by molar-refractivity contribution is 0.0644. The van der Waals surface area contributed by atoms with Crippen molar-refractivity contribution in [2.75, 3.05) is 0 Å². The van der Waals surface area contributed by atoms with Gasteiger partial charge in [0.15, 0.2) is 10.8 Å². The number of amides is 1. The fourth-order valence-electron chi connectivity index (χ4n) is 3.18. The number of thiazole rings is 1. The fourth-order valence-corrected chi connectivity index (χ4v) is 3.92. The zero-order valence-electron chi connectivity index (χ0n) is 13.7. The number of hydrogen-bond donors (Lipinski definition) is 0. The number of nitrogens with zero attached hydrogens (tertiary/aromatic N) is 4. The summed E-state index contributed by atoms with van der Waals surface area (Å²) in [6.07, 6.45) is 9.37. The van der Waals surface area contributed by atoms with Crippen LogP contribution in [-0.2, 0) is 6.54 Å². The summed E-state index contributed by atoms with van der Waals surface area (Å²) in [4.78, 5) is 27.9. The number of aromatic nitrogens is 3. The van der Waals surface area contributed by atoms with Crippen molar-refractivity contribution in [2.45, 2.75) is 38.3 Å². The molecular weight excluding hydrogens is 336 g/mol. The summed E-state index contributed by atoms with van der Waals surface area (Å²) in [7, 11) is 0. The highest BCUT2D eigenvalue weighted by atomic mass is 32.1. The standard InChI is InChI=1S/C18H18N4O2S/c23-18(15-12-25-17(21-15)16-19-8-4-9-20-16)22(13-5-1-2-6-13)11-14-7-3-10-24-14/h3-4,7-10,12-13H,1-2,5-6,11H2. The van der Waals surface area contributed by atoms with Crippen molar-refractivity contribution in [3.63, 3.8) is 0 Å². The highest BCUT2D eigenvalue weighted by molar-refractivity contribution is 7.13. The Morgan fingerprint density at radius 2 is 2.04 bits per heavy atom. The molecule has 0 saturated heterocycles. The molecule has 0 spiro atoms. The second kappa shape index (κ2) is 7.14. The van der Waals surface area contributed by atoms with Crippen molar-refractivity contribution in [2.24, 2.45) is 0 Å². The fraction of sp³-hybridized carbons (Fsp3) is 0.333. The maximum Gasteiger partial charge on any atom is 0.274 e. The molecule has 0 bridgehead atoms. The average Bonchev–Trinajstić information content (AvgIpc) is 3.42. The van der Waals surface area contributed by atoms with E-state index in [2.05, 4.69) is 15.0 Å². The second-order valence-electron chi connectivity index (χ2n) is 6.06. The summed E-state index contributed by atoms with van der Waals surface area (Å²) in [6.45, 7) is 0.477. The Bertz CT molecular complexity index is 826. The first-order chi connectivity index (χ1) is 12.3. The lowest BCUT2D eigenvalue weighted by Gasteiger charge is -2.27. The summed E-state index contributed by atoms with van der Waals surface area (Å²) in [5.41, 5.74) is 0.450. The van der Waals surface area contributed by atoms with Gasteiger partial charge in [0.1, 0.15) is 11.5 Å². The summed E-state index contributed by atoms with van der Waals surface area (Å²) in [5.74, 6) is 1.29. The maximum absolute atomic E-state index is 13.1. The first kappa shape index (κ1) is 16.0. The zero-order chi connectivity index (χ0) is 17.1. The van der Waals surface area contributed by atoms with E-state index < -0.39 is 0 Å². The molecule has 1 aliphatic carbocycles. The minimum absolute atomic E-state index is 0.0540. The molecule has 0 atom stereocenters. The van der Waals surface area contributed by atoms with Crippen molar-refractivity contribution in [1.82, 2.24) is 19.9 Å². The SMILES string of the molecule is O=C(c1csc(-c2ncccn2)n1)N(Cc1ccco1)C1CCCC1. The van der Waals surface area contributed by atoms with Gasteiger partial charge in [-0.05, 0) is 31.0 Å². The van der Waals surface area contributed by atoms with Gasteiger partial charge in [0.25, 0.3) is 5.91 Å². The monoisotopic (exact) mass is 354 g/mol. The predicted octanol–water partition coefficient (Wildman–Crippen LogP) is 3.78. The topological polar surface area (TPSA) is 72.1 Å². The largest absolute Gasteiger partial charge is 0.467 e. The lowest BCUT2D eigenvalue weighted by atomic mass is 10.2. The third-order valence-corrected chi connectivity index (χ3v) is 5.25. The Labute approximate surface area is 149 Å². The third-order valence-electron chi connectivity index (χ3n) is 4.41. The predicted molar refractivity (Wildman–Crippen MR) is 94.0 cm³/mol. The van der Waals surface area contributed by atoms with Gasteiger partial charge in [-0.2, -0.15) is 0 Å². The van der Waals surface area contributed by atoms with Crippen LogP contribution in [0, 0.1) is 0 Å². The zero-order valence-corrected chi connectivity index (χ0v) is 14.5. The number of carbonyl (C=O) groups excluding carboxylic acids is 1. The van der Waals surface area contributed by atoms with E-state index in [0.717, 1.165) is 31.4 Å². The molecule has 0 N–H and O–H groups in total. The minimum Gasteiger partial charge on any atom is -0.467 e. The maximum atomic E-state index is 13.1. The molecule has 1 aliphatic rings. The van der Waals surface area contributed by atoms with E-state index in [1.165, 1.54) is 11.3 Å². The molecule has 128 valence electrons. The Kier molecular flexibility index (Phi) is 4.56. The van der Waals surface area contributed by atoms with Crippen LogP contribution in [0.4, 0.5) is 0 Å². The van der Waals surface area contributed by atoms with Crippen molar-refractivity contribution in [3.8, 4) is 10.8 Å². The molecule has 4 rings (SSSR count). The molecule has 7 heteroatoms. The van der Waals surface area contributed by atoms with E-state index in [1.807, 2.05) is 17.0 Å². The van der Waals surface area contributed by atoms with Crippen molar-refractivity contribution < 1.29 is 9.21 Å². The van der Waals surface area contributed by atoms with Gasteiger partial charge in [0, 0.05) is 23.8 Å². The normalized spacial score (nSPS) is 14.7. The summed E-state index contributed by atoms with van der Waals surface area (Å²) in [5, 5.41) is 2.45. The lowest BCUT2D eigenvalue weighted by Crippen LogP contribution is -2.38. The summed E-state index contributed by atoms with van der Waals surface area (Å²) < 4.78 is 5.45. The molecule has 0 aromatic carbocycles. The van der Waals surface area contributed by atoms with E-state index in [9.17, 15) is 4.79 Å². The third kappa shape index (κ3) is 3.46. The molecule has 6 nitrogen and oxygen atoms in total. The molecule has 0 unspecified atom stereocenters. The van der Waals surface area contributed by atoms with Crippen LogP contribution in [0.25, 0.3) is 10.8 Å². The number of hydrogen-bond acceptors (Lipinski definition) is 6. The quantitative estimate of drug-likeness (QED) is 0.697. The van der Waals surface area contributed by atoms with Gasteiger partial charge in [-0.15, -0.1) is 11.3 Å². The average molecular weight is 354 g/mol. The van der Waals surface area contributed by atoms with Gasteiger partial charge < -0.3 is 9.32 Å². The van der Waals surface area contributed by atoms with Crippen LogP contribution < -0.4 is 0 Å². The number of rotatable bonds is 5. The molecule has 3 aromatic heterocycles. The molecular formula is C18H18N4O2S. The van der Waals surface area contributed by atoms with E-state index in [4.69, 9.17) is 4.42 Å². The number of carbonyl (C=O) groups is 1. The van der Waals surface area contributed by atoms with Crippen molar-refractivity contribution in [1.29, 1.82) is 0 Å². The van der Waals surface area contributed by atoms with Gasteiger partial charge >= 0.3 is 0 Å². The van der Waals surface area contributed by atoms with Crippen LogP contribution in [0.15, 0.2) is 46.7 Å². The van der Waals surface area contributed by atoms with Crippen LogP contribution in [0.1, 0.15) is 41.9 Å². The molecule has 1 fully saturated rings. The Hall–Kier alpha value is -2.54. The Balaban J connectivity index is 1.58. The van der Waals surface area contributed by atoms with E-state index in [-0.39, 0.29) is 11.9 Å². The van der Waals surface area contributed by atoms with Gasteiger partial charge in [0.2, 0.25) is 0 Å². The van der Waals surface area contributed by atoms with Crippen LogP contribution in [0.5, 0.6) is 0 Å². The molecule has 3 aromatic rings. The van der Waals surface area contributed by atoms with Gasteiger partial charge in [0.05, 0.1) is 12.8 Å². The van der Waals surface area contributed by atoms with E-state index in [1.54, 1.807) is 30.1 Å². The van der Waals surface area contributed by atoms with Crippen molar-refractivity contribution >= 4 is 17.2 Å². The highest BCUT2D eigenvalue weighted by Crippen LogP contribution is 2.28. The van der Waals surface area contributed by atoms with Crippen LogP contribution in [-0.4, -0.2) is 31.8 Å². The molecule has 0 aliphatic heterocycles. The van der Waals surface area contributed by atoms with E-state index >= 15 is 0 Å². The molecule has 3 heterocycles. The van der Waals surface area contributed by atoms with Gasteiger partial charge in [-0.3, -0.25) is 4.79 Å². The van der Waals surface area contributed by atoms with Gasteiger partial charge in [-0.25, -0.2) is 15.0 Å². The highest BCUT2D eigenvalue weighted by Gasteiger charge is 2.29. The smallest absolute Gasteiger partial charge is 0.274 e. The van der Waals surface area contributed by atoms with Crippen LogP contribution >= 0.6 is 11.3 Å². The molecule has 25 heavy (non-hydrogen) atoms. The van der Waals surface area contributed by atoms with E-state index in [0.29, 0.717) is 23.1 Å². The Morgan fingerprint density at radius 1 is 1.24 bits per heavy atom. The van der Waals surface area contributed by atoms with Gasteiger partial charge in [-0.1, -0.05) is 12.8 Å². The Morgan fingerprint density at radius 3 is 2.76 bits per heavy atom. The first-order valence-corrected chi connectivity index (χ1v) is 9.25. The molecule has 1 amide bonds. The minimum atomic E-state index is -0.0540. The summed E-state index contributed by atoms with van der Waals surface area (Å²) in [6, 6.07) is 5.75. The summed E-state index contributed by atoms with van der Waals surface area (Å²) >= 11 is 1.39. The number of furan rings is 1. The molecule has 0 radical (unpaired) electrons. The second-order valence-corrected chi connectivity index (χ2v) is 6.92. The van der Waals surface area contributed by atoms with Crippen LogP contribution in [0.2, 0.25) is 0 Å². The van der Waals surface area contributed by atoms with Crippen LogP contribution in [0.3, 0.4) is 0 Å². The first-order valence-electron chi connectivity index (χ1n) is 8.37. The van der Waals surface area contributed by atoms with Crippen molar-refractivity contribution in [3.05, 3.63) is 53.7 Å².